The van der Waals surface area contributed by atoms with Crippen LogP contribution < -0.4 is 9.80 Å². The van der Waals surface area contributed by atoms with E-state index in [1.54, 1.807) is 17.1 Å². The van der Waals surface area contributed by atoms with Crippen LogP contribution in [0.25, 0.3) is 16.6 Å². The van der Waals surface area contributed by atoms with E-state index in [4.69, 9.17) is 4.74 Å². The summed E-state index contributed by atoms with van der Waals surface area (Å²) in [5.74, 6) is 0.828. The van der Waals surface area contributed by atoms with Crippen LogP contribution in [0.2, 0.25) is 0 Å². The molecule has 2 saturated heterocycles. The van der Waals surface area contributed by atoms with Gasteiger partial charge >= 0.3 is 0 Å². The van der Waals surface area contributed by atoms with Crippen molar-refractivity contribution in [1.82, 2.24) is 29.4 Å². The van der Waals surface area contributed by atoms with Crippen molar-refractivity contribution in [3.05, 3.63) is 54.9 Å². The van der Waals surface area contributed by atoms with Gasteiger partial charge in [-0.1, -0.05) is 6.07 Å². The van der Waals surface area contributed by atoms with Gasteiger partial charge in [-0.3, -0.25) is 4.68 Å². The molecule has 0 aliphatic carbocycles. The number of aromatic nitrogens is 6. The molecule has 2 fully saturated rings. The number of piperazine rings is 1. The molecule has 4 aromatic heterocycles. The van der Waals surface area contributed by atoms with E-state index in [0.29, 0.717) is 12.6 Å². The largest absolute Gasteiger partial charge is 0.388 e. The third-order valence-electron chi connectivity index (χ3n) is 7.08. The molecule has 0 saturated carbocycles. The molecule has 0 spiro atoms. The maximum atomic E-state index is 10.7. The number of nitrogens with zero attached hydrogens (tertiary/aromatic N) is 8. The maximum Gasteiger partial charge on any atom is 0.225 e. The van der Waals surface area contributed by atoms with Gasteiger partial charge in [-0.25, -0.2) is 14.5 Å². The number of hydrogen-bond acceptors (Lipinski definition) is 8. The lowest BCUT2D eigenvalue weighted by molar-refractivity contribution is -0.0102. The molecule has 0 aromatic carbocycles. The number of aryl methyl sites for hydroxylation is 1. The predicted molar refractivity (Wildman–Crippen MR) is 132 cm³/mol. The highest BCUT2D eigenvalue weighted by atomic mass is 16.5. The van der Waals surface area contributed by atoms with E-state index in [2.05, 4.69) is 48.3 Å². The Labute approximate surface area is 203 Å². The van der Waals surface area contributed by atoms with Crippen molar-refractivity contribution in [2.24, 2.45) is 13.0 Å². The molecule has 182 valence electrons. The molecule has 6 heterocycles. The lowest BCUT2D eigenvalue weighted by atomic mass is 9.92. The number of hydrogen-bond donors (Lipinski definition) is 1. The molecule has 1 N–H and O–H groups in total. The second-order valence-electron chi connectivity index (χ2n) is 9.39. The number of rotatable bonds is 5. The van der Waals surface area contributed by atoms with E-state index in [1.807, 2.05) is 30.2 Å². The van der Waals surface area contributed by atoms with Crippen LogP contribution in [0, 0.1) is 5.92 Å². The summed E-state index contributed by atoms with van der Waals surface area (Å²) in [5, 5.41) is 19.5. The Morgan fingerprint density at radius 3 is 2.46 bits per heavy atom. The minimum Gasteiger partial charge on any atom is -0.388 e. The average Bonchev–Trinajstić information content (AvgIpc) is 3.55. The second kappa shape index (κ2) is 9.27. The molecule has 2 aliphatic heterocycles. The van der Waals surface area contributed by atoms with Crippen LogP contribution in [0.1, 0.15) is 24.5 Å². The molecule has 0 radical (unpaired) electrons. The van der Waals surface area contributed by atoms with Crippen LogP contribution in [0.4, 0.5) is 11.6 Å². The highest BCUT2D eigenvalue weighted by Gasteiger charge is 2.25. The van der Waals surface area contributed by atoms with Gasteiger partial charge < -0.3 is 19.6 Å². The fraction of sp³-hybridized carbons (Fsp3) is 0.440. The highest BCUT2D eigenvalue weighted by molar-refractivity contribution is 5.75. The summed E-state index contributed by atoms with van der Waals surface area (Å²) < 4.78 is 9.26. The van der Waals surface area contributed by atoms with Crippen LogP contribution >= 0.6 is 0 Å². The zero-order valence-electron chi connectivity index (χ0n) is 19.9. The first kappa shape index (κ1) is 22.0. The highest BCUT2D eigenvalue weighted by Crippen LogP contribution is 2.29. The SMILES string of the molecule is Cn1cc(-c2ccc3c(N4CCN(c5ncc([C@H](O)[C@H]6CCCOC6)cn5)CC4)cnn3c2)cn1. The number of aliphatic hydroxyl groups excluding tert-OH is 1. The molecular formula is C25H30N8O2. The second-order valence-corrected chi connectivity index (χ2v) is 9.39. The zero-order chi connectivity index (χ0) is 23.8. The summed E-state index contributed by atoms with van der Waals surface area (Å²) >= 11 is 0. The van der Waals surface area contributed by atoms with Gasteiger partial charge in [0.15, 0.2) is 0 Å². The monoisotopic (exact) mass is 474 g/mol. The molecule has 2 atom stereocenters. The first-order valence-corrected chi connectivity index (χ1v) is 12.2. The van der Waals surface area contributed by atoms with E-state index in [-0.39, 0.29) is 5.92 Å². The first-order valence-electron chi connectivity index (χ1n) is 12.2. The van der Waals surface area contributed by atoms with Crippen molar-refractivity contribution in [3.8, 4) is 11.1 Å². The van der Waals surface area contributed by atoms with Gasteiger partial charge in [0.05, 0.1) is 36.3 Å². The average molecular weight is 475 g/mol. The Balaban J connectivity index is 1.11. The first-order chi connectivity index (χ1) is 17.2. The molecule has 35 heavy (non-hydrogen) atoms. The molecule has 2 aliphatic rings. The van der Waals surface area contributed by atoms with E-state index in [9.17, 15) is 5.11 Å². The summed E-state index contributed by atoms with van der Waals surface area (Å²) in [5.41, 5.74) is 5.15. The molecule has 10 heteroatoms. The van der Waals surface area contributed by atoms with Gasteiger partial charge in [-0.05, 0) is 18.9 Å². The molecule has 0 bridgehead atoms. The minimum atomic E-state index is -0.574. The summed E-state index contributed by atoms with van der Waals surface area (Å²) in [6, 6.07) is 4.25. The fourth-order valence-corrected chi connectivity index (χ4v) is 5.04. The van der Waals surface area contributed by atoms with Crippen LogP contribution in [0.5, 0.6) is 0 Å². The van der Waals surface area contributed by atoms with Crippen molar-refractivity contribution in [2.75, 3.05) is 49.2 Å². The number of anilines is 2. The summed E-state index contributed by atoms with van der Waals surface area (Å²) in [4.78, 5) is 13.7. The van der Waals surface area contributed by atoms with Gasteiger partial charge in [0.2, 0.25) is 5.95 Å². The molecule has 0 amide bonds. The van der Waals surface area contributed by atoms with Crippen LogP contribution in [0.15, 0.2) is 49.3 Å². The smallest absolute Gasteiger partial charge is 0.225 e. The van der Waals surface area contributed by atoms with Crippen molar-refractivity contribution in [2.45, 2.75) is 18.9 Å². The van der Waals surface area contributed by atoms with Crippen molar-refractivity contribution in [3.63, 3.8) is 0 Å². The van der Waals surface area contributed by atoms with Crippen molar-refractivity contribution < 1.29 is 9.84 Å². The van der Waals surface area contributed by atoms with Gasteiger partial charge in [-0.15, -0.1) is 0 Å². The Morgan fingerprint density at radius 2 is 1.74 bits per heavy atom. The molecular weight excluding hydrogens is 444 g/mol. The number of fused-ring (bicyclic) bond motifs is 1. The Kier molecular flexibility index (Phi) is 5.83. The van der Waals surface area contributed by atoms with Gasteiger partial charge in [0.1, 0.15) is 0 Å². The number of aliphatic hydroxyl groups is 1. The summed E-state index contributed by atoms with van der Waals surface area (Å²) in [6.45, 7) is 4.75. The minimum absolute atomic E-state index is 0.119. The Morgan fingerprint density at radius 1 is 0.943 bits per heavy atom. The molecule has 6 rings (SSSR count). The third kappa shape index (κ3) is 4.35. The third-order valence-corrected chi connectivity index (χ3v) is 7.08. The number of pyridine rings is 1. The van der Waals surface area contributed by atoms with Crippen LogP contribution in [0.3, 0.4) is 0 Å². The topological polar surface area (TPSA) is 96.8 Å². The Bertz CT molecular complexity index is 1290. The van der Waals surface area contributed by atoms with Crippen molar-refractivity contribution in [1.29, 1.82) is 0 Å². The molecule has 10 nitrogen and oxygen atoms in total. The summed E-state index contributed by atoms with van der Waals surface area (Å²) in [7, 11) is 1.92. The zero-order valence-corrected chi connectivity index (χ0v) is 19.9. The molecule has 0 unspecified atom stereocenters. The molecule has 4 aromatic rings. The number of ether oxygens (including phenoxy) is 1. The van der Waals surface area contributed by atoms with Gasteiger partial charge in [0, 0.05) is 87.2 Å². The maximum absolute atomic E-state index is 10.7. The van der Waals surface area contributed by atoms with E-state index < -0.39 is 6.10 Å². The predicted octanol–water partition coefficient (Wildman–Crippen LogP) is 2.31. The van der Waals surface area contributed by atoms with Crippen LogP contribution in [-0.2, 0) is 11.8 Å². The van der Waals surface area contributed by atoms with Gasteiger partial charge in [0.25, 0.3) is 0 Å². The Hall–Kier alpha value is -3.50. The van der Waals surface area contributed by atoms with Gasteiger partial charge in [-0.2, -0.15) is 10.2 Å². The van der Waals surface area contributed by atoms with Crippen molar-refractivity contribution >= 4 is 17.2 Å². The lowest BCUT2D eigenvalue weighted by Crippen LogP contribution is -2.47. The lowest BCUT2D eigenvalue weighted by Gasteiger charge is -2.35. The van der Waals surface area contributed by atoms with E-state index >= 15 is 0 Å². The summed E-state index contributed by atoms with van der Waals surface area (Å²) in [6.07, 6.45) is 12.8. The fourth-order valence-electron chi connectivity index (χ4n) is 5.04. The van der Waals surface area contributed by atoms with E-state index in [1.165, 1.54) is 0 Å². The van der Waals surface area contributed by atoms with Crippen LogP contribution in [-0.4, -0.2) is 73.9 Å². The normalized spacial score (nSPS) is 19.9. The standard InChI is InChI=1S/C25H30N8O2/c1-30-15-21(13-28-30)18-4-5-22-23(14-29-33(22)16-18)31-6-8-32(9-7-31)25-26-11-20(12-27-25)24(34)19-3-2-10-35-17-19/h4-5,11-16,19,24,34H,2-3,6-10,17H2,1H3/t19-,24+/m0/s1. The quantitative estimate of drug-likeness (QED) is 0.471. The van der Waals surface area contributed by atoms with E-state index in [0.717, 1.165) is 73.5 Å².